The molecule has 0 amide bonds. The van der Waals surface area contributed by atoms with Gasteiger partial charge in [0.15, 0.2) is 0 Å². The third kappa shape index (κ3) is 3.00. The van der Waals surface area contributed by atoms with E-state index in [1.807, 2.05) is 24.3 Å². The Kier molecular flexibility index (Phi) is 3.59. The summed E-state index contributed by atoms with van der Waals surface area (Å²) in [4.78, 5) is 0. The monoisotopic (exact) mass is 370 g/mol. The Labute approximate surface area is 124 Å². The van der Waals surface area contributed by atoms with E-state index in [9.17, 15) is 4.39 Å². The molecule has 0 saturated heterocycles. The van der Waals surface area contributed by atoms with E-state index in [-0.39, 0.29) is 11.9 Å². The Morgan fingerprint density at radius 2 is 2.16 bits per heavy atom. The lowest BCUT2D eigenvalue weighted by molar-refractivity contribution is 0.148. The molecule has 2 aromatic rings. The molecule has 1 unspecified atom stereocenters. The Bertz CT molecular complexity index is 600. The van der Waals surface area contributed by atoms with Crippen molar-refractivity contribution in [2.45, 2.75) is 12.5 Å². The van der Waals surface area contributed by atoms with Crippen molar-refractivity contribution in [3.05, 3.63) is 57.4 Å². The summed E-state index contributed by atoms with van der Waals surface area (Å²) < 4.78 is 25.7. The number of benzene rings is 2. The van der Waals surface area contributed by atoms with Gasteiger partial charge in [-0.25, -0.2) is 4.39 Å². The highest BCUT2D eigenvalue weighted by molar-refractivity contribution is 14.1. The van der Waals surface area contributed by atoms with Crippen LogP contribution in [0.1, 0.15) is 5.56 Å². The Balaban J connectivity index is 1.62. The van der Waals surface area contributed by atoms with Gasteiger partial charge in [-0.05, 0) is 59.0 Å². The highest BCUT2D eigenvalue weighted by Crippen LogP contribution is 2.29. The molecule has 2 nitrogen and oxygen atoms in total. The number of ether oxygens (including phenoxy) is 2. The van der Waals surface area contributed by atoms with E-state index in [2.05, 4.69) is 22.6 Å². The minimum Gasteiger partial charge on any atom is -0.490 e. The van der Waals surface area contributed by atoms with Crippen molar-refractivity contribution in [1.82, 2.24) is 0 Å². The second-order valence-electron chi connectivity index (χ2n) is 4.46. The van der Waals surface area contributed by atoms with Crippen LogP contribution >= 0.6 is 22.6 Å². The summed E-state index contributed by atoms with van der Waals surface area (Å²) in [5, 5.41) is 0. The number of hydrogen-bond donors (Lipinski definition) is 0. The molecule has 3 rings (SSSR count). The molecule has 1 heterocycles. The molecule has 0 aliphatic carbocycles. The minimum absolute atomic E-state index is 0.0466. The van der Waals surface area contributed by atoms with Crippen molar-refractivity contribution in [3.8, 4) is 11.5 Å². The van der Waals surface area contributed by atoms with Crippen molar-refractivity contribution in [1.29, 1.82) is 0 Å². The predicted molar refractivity (Wildman–Crippen MR) is 79.2 cm³/mol. The van der Waals surface area contributed by atoms with E-state index in [0.29, 0.717) is 13.0 Å². The largest absolute Gasteiger partial charge is 0.490 e. The maximum absolute atomic E-state index is 13.1. The number of hydrogen-bond acceptors (Lipinski definition) is 2. The van der Waals surface area contributed by atoms with Crippen LogP contribution in [0.2, 0.25) is 0 Å². The van der Waals surface area contributed by atoms with Gasteiger partial charge in [0.25, 0.3) is 0 Å². The summed E-state index contributed by atoms with van der Waals surface area (Å²) in [6.45, 7) is 0.469. The average Bonchev–Trinajstić information content (AvgIpc) is 2.78. The minimum atomic E-state index is -0.221. The summed E-state index contributed by atoms with van der Waals surface area (Å²) in [6, 6.07) is 12.5. The second kappa shape index (κ2) is 5.36. The first-order chi connectivity index (χ1) is 9.20. The summed E-state index contributed by atoms with van der Waals surface area (Å²) in [6.07, 6.45) is 0.645. The van der Waals surface area contributed by atoms with Gasteiger partial charge in [-0.3, -0.25) is 0 Å². The molecule has 98 valence electrons. The molecule has 0 spiro atoms. The van der Waals surface area contributed by atoms with E-state index in [4.69, 9.17) is 9.47 Å². The first kappa shape index (κ1) is 12.7. The van der Waals surface area contributed by atoms with Crippen molar-refractivity contribution in [3.63, 3.8) is 0 Å². The van der Waals surface area contributed by atoms with Gasteiger partial charge in [0.1, 0.15) is 30.0 Å². The van der Waals surface area contributed by atoms with Crippen molar-refractivity contribution in [2.24, 2.45) is 0 Å². The number of halogens is 2. The van der Waals surface area contributed by atoms with Crippen LogP contribution in [0.5, 0.6) is 11.5 Å². The predicted octanol–water partition coefficient (Wildman–Crippen LogP) is 3.81. The van der Waals surface area contributed by atoms with Crippen molar-refractivity contribution < 1.29 is 13.9 Å². The Morgan fingerprint density at radius 1 is 1.26 bits per heavy atom. The lowest BCUT2D eigenvalue weighted by Crippen LogP contribution is -2.22. The summed E-state index contributed by atoms with van der Waals surface area (Å²) >= 11 is 2.24. The second-order valence-corrected chi connectivity index (χ2v) is 5.71. The van der Waals surface area contributed by atoms with E-state index < -0.39 is 0 Å². The third-order valence-electron chi connectivity index (χ3n) is 3.00. The molecule has 4 heteroatoms. The fraction of sp³-hybridized carbons (Fsp3) is 0.200. The molecule has 1 aliphatic rings. The normalized spacial score (nSPS) is 16.8. The number of rotatable bonds is 3. The zero-order valence-corrected chi connectivity index (χ0v) is 12.3. The molecule has 2 aromatic carbocycles. The maximum Gasteiger partial charge on any atom is 0.137 e. The zero-order chi connectivity index (χ0) is 13.2. The van der Waals surface area contributed by atoms with Crippen LogP contribution in [0, 0.1) is 9.39 Å². The van der Waals surface area contributed by atoms with Gasteiger partial charge >= 0.3 is 0 Å². The van der Waals surface area contributed by atoms with Crippen LogP contribution < -0.4 is 9.47 Å². The lowest BCUT2D eigenvalue weighted by Gasteiger charge is -2.12. The van der Waals surface area contributed by atoms with Gasteiger partial charge < -0.3 is 9.47 Å². The smallest absolute Gasteiger partial charge is 0.137 e. The molecule has 0 radical (unpaired) electrons. The maximum atomic E-state index is 13.1. The van der Waals surface area contributed by atoms with Crippen LogP contribution in [0.15, 0.2) is 42.5 Å². The fourth-order valence-electron chi connectivity index (χ4n) is 2.13. The van der Waals surface area contributed by atoms with Gasteiger partial charge in [-0.1, -0.05) is 6.07 Å². The van der Waals surface area contributed by atoms with Gasteiger partial charge in [-0.15, -0.1) is 0 Å². The van der Waals surface area contributed by atoms with E-state index >= 15 is 0 Å². The van der Waals surface area contributed by atoms with Crippen molar-refractivity contribution in [2.75, 3.05) is 6.61 Å². The lowest BCUT2D eigenvalue weighted by atomic mass is 10.1. The molecule has 0 aromatic heterocycles. The standard InChI is InChI=1S/C15H12FIO2/c16-11-4-5-15-10(6-11)7-14(19-15)9-18-13-3-1-2-12(17)8-13/h1-6,8,14H,7,9H2. The van der Waals surface area contributed by atoms with E-state index in [1.54, 1.807) is 6.07 Å². The van der Waals surface area contributed by atoms with Crippen LogP contribution in [0.4, 0.5) is 4.39 Å². The van der Waals surface area contributed by atoms with Crippen molar-refractivity contribution >= 4 is 22.6 Å². The molecular formula is C15H12FIO2. The molecule has 1 atom stereocenters. The SMILES string of the molecule is Fc1ccc2c(c1)CC(COc1cccc(I)c1)O2. The first-order valence-electron chi connectivity index (χ1n) is 6.04. The topological polar surface area (TPSA) is 18.5 Å². The molecule has 0 fully saturated rings. The highest BCUT2D eigenvalue weighted by Gasteiger charge is 2.23. The van der Waals surface area contributed by atoms with E-state index in [0.717, 1.165) is 20.6 Å². The molecule has 19 heavy (non-hydrogen) atoms. The first-order valence-corrected chi connectivity index (χ1v) is 7.12. The zero-order valence-electron chi connectivity index (χ0n) is 10.1. The average molecular weight is 370 g/mol. The van der Waals surface area contributed by atoms with Gasteiger partial charge in [0.2, 0.25) is 0 Å². The van der Waals surface area contributed by atoms with Gasteiger partial charge in [0, 0.05) is 15.6 Å². The quantitative estimate of drug-likeness (QED) is 0.765. The molecule has 0 bridgehead atoms. The third-order valence-corrected chi connectivity index (χ3v) is 3.67. The Hall–Kier alpha value is -1.30. The van der Waals surface area contributed by atoms with Crippen LogP contribution in [0.3, 0.4) is 0 Å². The highest BCUT2D eigenvalue weighted by atomic mass is 127. The van der Waals surface area contributed by atoms with Gasteiger partial charge in [0.05, 0.1) is 0 Å². The molecule has 1 aliphatic heterocycles. The van der Waals surface area contributed by atoms with Gasteiger partial charge in [-0.2, -0.15) is 0 Å². The molecule has 0 saturated carbocycles. The Morgan fingerprint density at radius 3 is 3.00 bits per heavy atom. The summed E-state index contributed by atoms with van der Waals surface area (Å²) in [5.41, 5.74) is 0.913. The molecular weight excluding hydrogens is 358 g/mol. The van der Waals surface area contributed by atoms with Crippen LogP contribution in [0.25, 0.3) is 0 Å². The van der Waals surface area contributed by atoms with Crippen LogP contribution in [-0.4, -0.2) is 12.7 Å². The number of fused-ring (bicyclic) bond motifs is 1. The molecule has 0 N–H and O–H groups in total. The fourth-order valence-corrected chi connectivity index (χ4v) is 2.64. The summed E-state index contributed by atoms with van der Waals surface area (Å²) in [7, 11) is 0. The van der Waals surface area contributed by atoms with Crippen LogP contribution in [-0.2, 0) is 6.42 Å². The van der Waals surface area contributed by atoms with E-state index in [1.165, 1.54) is 12.1 Å². The summed E-state index contributed by atoms with van der Waals surface area (Å²) in [5.74, 6) is 1.37.